The number of rotatable bonds is 6. The maximum absolute atomic E-state index is 9.61. The fourth-order valence-corrected chi connectivity index (χ4v) is 2.13. The molecule has 5 heteroatoms. The molecular weight excluding hydrogens is 246 g/mol. The third kappa shape index (κ3) is 3.45. The van der Waals surface area contributed by atoms with Crippen LogP contribution in [0.3, 0.4) is 0 Å². The Balaban J connectivity index is 1.93. The summed E-state index contributed by atoms with van der Waals surface area (Å²) in [4.78, 5) is 0. The summed E-state index contributed by atoms with van der Waals surface area (Å²) >= 11 is 0. The fourth-order valence-electron chi connectivity index (χ4n) is 2.13. The Morgan fingerprint density at radius 1 is 1.32 bits per heavy atom. The van der Waals surface area contributed by atoms with E-state index in [-0.39, 0.29) is 13.2 Å². The molecule has 104 valence electrons. The van der Waals surface area contributed by atoms with Crippen LogP contribution in [-0.4, -0.2) is 42.0 Å². The highest BCUT2D eigenvalue weighted by Crippen LogP contribution is 2.26. The van der Waals surface area contributed by atoms with Gasteiger partial charge in [-0.25, -0.2) is 0 Å². The number of ether oxygens (including phenoxy) is 2. The summed E-state index contributed by atoms with van der Waals surface area (Å²) < 4.78 is 10.6. The lowest BCUT2D eigenvalue weighted by atomic mass is 10.1. The average molecular weight is 265 g/mol. The minimum absolute atomic E-state index is 0.208. The second-order valence-electron chi connectivity index (χ2n) is 4.49. The maximum atomic E-state index is 9.61. The van der Waals surface area contributed by atoms with Gasteiger partial charge in [-0.3, -0.25) is 0 Å². The third-order valence-corrected chi connectivity index (χ3v) is 3.10. The number of oxime groups is 1. The molecule has 0 bridgehead atoms. The van der Waals surface area contributed by atoms with Crippen molar-refractivity contribution in [3.8, 4) is 5.75 Å². The molecule has 0 heterocycles. The lowest BCUT2D eigenvalue weighted by Gasteiger charge is -2.12. The van der Waals surface area contributed by atoms with Gasteiger partial charge in [-0.1, -0.05) is 5.16 Å². The summed E-state index contributed by atoms with van der Waals surface area (Å²) in [6.45, 7) is 2.95. The number of aryl methyl sites for hydroxylation is 1. The fraction of sp³-hybridized carbons (Fsp3) is 0.500. The van der Waals surface area contributed by atoms with Crippen LogP contribution < -0.4 is 4.74 Å². The van der Waals surface area contributed by atoms with Gasteiger partial charge in [-0.05, 0) is 43.5 Å². The van der Waals surface area contributed by atoms with Gasteiger partial charge in [0.2, 0.25) is 0 Å². The van der Waals surface area contributed by atoms with Crippen molar-refractivity contribution in [3.63, 3.8) is 0 Å². The van der Waals surface area contributed by atoms with Gasteiger partial charge >= 0.3 is 0 Å². The third-order valence-electron chi connectivity index (χ3n) is 3.10. The van der Waals surface area contributed by atoms with Gasteiger partial charge in [0, 0.05) is 12.2 Å². The van der Waals surface area contributed by atoms with Crippen molar-refractivity contribution in [1.82, 2.24) is 0 Å². The van der Waals surface area contributed by atoms with Gasteiger partial charge in [0.05, 0.1) is 12.3 Å². The topological polar surface area (TPSA) is 71.3 Å². The summed E-state index contributed by atoms with van der Waals surface area (Å²) in [7, 11) is 0. The molecule has 0 aromatic heterocycles. The van der Waals surface area contributed by atoms with Crippen molar-refractivity contribution < 1.29 is 19.8 Å². The number of hydrogen-bond acceptors (Lipinski definition) is 5. The molecule has 1 atom stereocenters. The minimum Gasteiger partial charge on any atom is -0.491 e. The normalized spacial score (nSPS) is 17.5. The van der Waals surface area contributed by atoms with Gasteiger partial charge in [0.25, 0.3) is 0 Å². The summed E-state index contributed by atoms with van der Waals surface area (Å²) in [6.07, 6.45) is 0.984. The van der Waals surface area contributed by atoms with Crippen LogP contribution in [0.4, 0.5) is 0 Å². The van der Waals surface area contributed by atoms with E-state index in [1.807, 2.05) is 25.1 Å². The molecular formula is C14H19NO4. The number of hydrogen-bond donors (Lipinski definition) is 2. The smallest absolute Gasteiger partial charge is 0.119 e. The molecule has 5 nitrogen and oxygen atoms in total. The van der Waals surface area contributed by atoms with Gasteiger partial charge in [-0.2, -0.15) is 0 Å². The number of fused-ring (bicyclic) bond motifs is 1. The SMILES string of the molecule is CCOCC(O)COc1ccc2c(c1)CC/C2=N\O. The predicted octanol–water partition coefficient (Wildman–Crippen LogP) is 1.59. The monoisotopic (exact) mass is 265 g/mol. The zero-order chi connectivity index (χ0) is 13.7. The number of nitrogens with zero attached hydrogens (tertiary/aromatic N) is 1. The predicted molar refractivity (Wildman–Crippen MR) is 71.1 cm³/mol. The molecule has 1 aromatic rings. The molecule has 1 unspecified atom stereocenters. The molecule has 2 rings (SSSR count). The van der Waals surface area contributed by atoms with Crippen LogP contribution in [0.1, 0.15) is 24.5 Å². The van der Waals surface area contributed by atoms with Crippen LogP contribution in [0.15, 0.2) is 23.4 Å². The van der Waals surface area contributed by atoms with Crippen molar-refractivity contribution in [2.45, 2.75) is 25.9 Å². The molecule has 19 heavy (non-hydrogen) atoms. The second kappa shape index (κ2) is 6.54. The molecule has 0 aliphatic heterocycles. The van der Waals surface area contributed by atoms with Crippen LogP contribution in [0.25, 0.3) is 0 Å². The van der Waals surface area contributed by atoms with Crippen LogP contribution in [0.2, 0.25) is 0 Å². The molecule has 1 aliphatic carbocycles. The summed E-state index contributed by atoms with van der Waals surface area (Å²) in [5, 5.41) is 21.7. The molecule has 0 radical (unpaired) electrons. The van der Waals surface area contributed by atoms with E-state index in [1.165, 1.54) is 0 Å². The lowest BCUT2D eigenvalue weighted by molar-refractivity contribution is 0.0164. The maximum Gasteiger partial charge on any atom is 0.119 e. The standard InChI is InChI=1S/C14H19NO4/c1-2-18-8-11(16)9-19-12-4-5-13-10(7-12)3-6-14(13)15-17/h4-5,7,11,16-17H,2-3,6,8-9H2,1H3/b15-14+. The largest absolute Gasteiger partial charge is 0.491 e. The Bertz CT molecular complexity index is 459. The van der Waals surface area contributed by atoms with Crippen LogP contribution in [0.5, 0.6) is 5.75 Å². The zero-order valence-electron chi connectivity index (χ0n) is 11.0. The molecule has 0 spiro atoms. The second-order valence-corrected chi connectivity index (χ2v) is 4.49. The van der Waals surface area contributed by atoms with Gasteiger partial charge in [0.15, 0.2) is 0 Å². The molecule has 0 saturated heterocycles. The summed E-state index contributed by atoms with van der Waals surface area (Å²) in [5.41, 5.74) is 2.81. The average Bonchev–Trinajstić information content (AvgIpc) is 2.85. The highest BCUT2D eigenvalue weighted by molar-refractivity contribution is 6.04. The van der Waals surface area contributed by atoms with Crippen molar-refractivity contribution in [2.75, 3.05) is 19.8 Å². The first-order valence-electron chi connectivity index (χ1n) is 6.47. The van der Waals surface area contributed by atoms with E-state index >= 15 is 0 Å². The minimum atomic E-state index is -0.622. The first-order chi connectivity index (χ1) is 9.24. The van der Waals surface area contributed by atoms with Crippen molar-refractivity contribution in [1.29, 1.82) is 0 Å². The molecule has 0 amide bonds. The molecule has 0 fully saturated rings. The van der Waals surface area contributed by atoms with E-state index < -0.39 is 6.10 Å². The quantitative estimate of drug-likeness (QED) is 0.605. The molecule has 2 N–H and O–H groups in total. The van der Waals surface area contributed by atoms with E-state index in [0.717, 1.165) is 29.7 Å². The summed E-state index contributed by atoms with van der Waals surface area (Å²) in [5.74, 6) is 0.716. The van der Waals surface area contributed by atoms with Crippen LogP contribution in [-0.2, 0) is 11.2 Å². The van der Waals surface area contributed by atoms with E-state index in [2.05, 4.69) is 5.16 Å². The number of benzene rings is 1. The first kappa shape index (κ1) is 13.8. The number of aliphatic hydroxyl groups is 1. The van der Waals surface area contributed by atoms with Gasteiger partial charge in [0.1, 0.15) is 18.5 Å². The number of aliphatic hydroxyl groups excluding tert-OH is 1. The molecule has 1 aromatic carbocycles. The Kier molecular flexibility index (Phi) is 4.76. The van der Waals surface area contributed by atoms with E-state index in [1.54, 1.807) is 0 Å². The Morgan fingerprint density at radius 2 is 2.16 bits per heavy atom. The Morgan fingerprint density at radius 3 is 2.89 bits per heavy atom. The van der Waals surface area contributed by atoms with Crippen LogP contribution in [0, 0.1) is 0 Å². The van der Waals surface area contributed by atoms with E-state index in [9.17, 15) is 5.11 Å². The summed E-state index contributed by atoms with van der Waals surface area (Å²) in [6, 6.07) is 5.64. The lowest BCUT2D eigenvalue weighted by Crippen LogP contribution is -2.23. The Labute approximate surface area is 112 Å². The van der Waals surface area contributed by atoms with E-state index in [0.29, 0.717) is 12.4 Å². The van der Waals surface area contributed by atoms with Crippen molar-refractivity contribution >= 4 is 5.71 Å². The highest BCUT2D eigenvalue weighted by Gasteiger charge is 2.18. The van der Waals surface area contributed by atoms with Gasteiger partial charge in [-0.15, -0.1) is 0 Å². The van der Waals surface area contributed by atoms with Crippen LogP contribution >= 0.6 is 0 Å². The highest BCUT2D eigenvalue weighted by atomic mass is 16.5. The zero-order valence-corrected chi connectivity index (χ0v) is 11.0. The van der Waals surface area contributed by atoms with Crippen molar-refractivity contribution in [3.05, 3.63) is 29.3 Å². The van der Waals surface area contributed by atoms with Gasteiger partial charge < -0.3 is 19.8 Å². The molecule has 0 saturated carbocycles. The Hall–Kier alpha value is -1.59. The first-order valence-corrected chi connectivity index (χ1v) is 6.47. The van der Waals surface area contributed by atoms with Crippen molar-refractivity contribution in [2.24, 2.45) is 5.16 Å². The molecule has 1 aliphatic rings. The van der Waals surface area contributed by atoms with E-state index in [4.69, 9.17) is 14.7 Å².